The lowest BCUT2D eigenvalue weighted by molar-refractivity contribution is -0.161. The molecule has 25 heavy (non-hydrogen) atoms. The zero-order valence-corrected chi connectivity index (χ0v) is 16.2. The highest BCUT2D eigenvalue weighted by Crippen LogP contribution is 2.63. The SMILES string of the molecule is CC(O)C1CCCCN1C12CC3CC(CC(CNC(=O)CCl)(C3)C1)C2. The summed E-state index contributed by atoms with van der Waals surface area (Å²) in [5, 5.41) is 13.5. The van der Waals surface area contributed by atoms with Gasteiger partial charge in [-0.05, 0) is 82.1 Å². The van der Waals surface area contributed by atoms with E-state index in [0.717, 1.165) is 31.3 Å². The normalized spacial score (nSPS) is 44.7. The zero-order valence-electron chi connectivity index (χ0n) is 15.5. The first kappa shape index (κ1) is 18.1. The number of nitrogens with one attached hydrogen (secondary N) is 1. The summed E-state index contributed by atoms with van der Waals surface area (Å²) in [6.45, 7) is 3.90. The highest BCUT2D eigenvalue weighted by atomic mass is 35.5. The monoisotopic (exact) mass is 368 g/mol. The van der Waals surface area contributed by atoms with Crippen LogP contribution >= 0.6 is 11.6 Å². The van der Waals surface area contributed by atoms with Crippen LogP contribution in [-0.4, -0.2) is 52.6 Å². The molecule has 4 nitrogen and oxygen atoms in total. The lowest BCUT2D eigenvalue weighted by atomic mass is 9.46. The summed E-state index contributed by atoms with van der Waals surface area (Å²) in [4.78, 5) is 14.5. The van der Waals surface area contributed by atoms with Crippen molar-refractivity contribution in [3.8, 4) is 0 Å². The Hall–Kier alpha value is -0.320. The van der Waals surface area contributed by atoms with Crippen molar-refractivity contribution in [3.63, 3.8) is 0 Å². The number of carbonyl (C=O) groups excluding carboxylic acids is 1. The second-order valence-corrected chi connectivity index (χ2v) is 9.86. The van der Waals surface area contributed by atoms with Crippen LogP contribution in [0.1, 0.15) is 64.7 Å². The van der Waals surface area contributed by atoms with Gasteiger partial charge in [-0.1, -0.05) is 6.42 Å². The number of carbonyl (C=O) groups is 1. The molecule has 4 atom stereocenters. The largest absolute Gasteiger partial charge is 0.392 e. The minimum Gasteiger partial charge on any atom is -0.392 e. The summed E-state index contributed by atoms with van der Waals surface area (Å²) in [5.41, 5.74) is 0.518. The van der Waals surface area contributed by atoms with Crippen molar-refractivity contribution < 1.29 is 9.90 Å². The predicted molar refractivity (Wildman–Crippen MR) is 99.6 cm³/mol. The van der Waals surface area contributed by atoms with Gasteiger partial charge >= 0.3 is 0 Å². The molecule has 0 radical (unpaired) electrons. The summed E-state index contributed by atoms with van der Waals surface area (Å²) >= 11 is 5.69. The van der Waals surface area contributed by atoms with E-state index in [1.165, 1.54) is 51.4 Å². The fourth-order valence-electron chi connectivity index (χ4n) is 7.33. The average molecular weight is 369 g/mol. The first-order chi connectivity index (χ1) is 12.0. The van der Waals surface area contributed by atoms with E-state index in [-0.39, 0.29) is 28.8 Å². The first-order valence-corrected chi connectivity index (χ1v) is 10.8. The minimum absolute atomic E-state index is 0.0358. The molecule has 4 unspecified atom stereocenters. The number of likely N-dealkylation sites (tertiary alicyclic amines) is 1. The van der Waals surface area contributed by atoms with Crippen molar-refractivity contribution in [1.29, 1.82) is 0 Å². The number of nitrogens with zero attached hydrogens (tertiary/aromatic N) is 1. The van der Waals surface area contributed by atoms with Crippen molar-refractivity contribution in [1.82, 2.24) is 10.2 Å². The molecular formula is C20H33ClN2O2. The van der Waals surface area contributed by atoms with E-state index in [4.69, 9.17) is 11.6 Å². The fourth-order valence-corrected chi connectivity index (χ4v) is 7.42. The van der Waals surface area contributed by atoms with Crippen LogP contribution < -0.4 is 5.32 Å². The Balaban J connectivity index is 1.58. The van der Waals surface area contributed by atoms with Gasteiger partial charge in [0.2, 0.25) is 5.91 Å². The first-order valence-electron chi connectivity index (χ1n) is 10.2. The van der Waals surface area contributed by atoms with Crippen LogP contribution in [0.5, 0.6) is 0 Å². The van der Waals surface area contributed by atoms with Gasteiger partial charge in [-0.15, -0.1) is 11.6 Å². The summed E-state index contributed by atoms with van der Waals surface area (Å²) in [6.07, 6.45) is 11.1. The molecule has 0 spiro atoms. The molecule has 1 aliphatic heterocycles. The molecule has 5 rings (SSSR count). The highest BCUT2D eigenvalue weighted by Gasteiger charge is 2.60. The van der Waals surface area contributed by atoms with Crippen molar-refractivity contribution in [2.24, 2.45) is 17.3 Å². The van der Waals surface area contributed by atoms with Gasteiger partial charge in [-0.3, -0.25) is 9.69 Å². The molecule has 5 heteroatoms. The van der Waals surface area contributed by atoms with Crippen molar-refractivity contribution in [2.45, 2.75) is 82.4 Å². The summed E-state index contributed by atoms with van der Waals surface area (Å²) in [5.74, 6) is 1.62. The molecule has 4 saturated carbocycles. The molecule has 1 saturated heterocycles. The molecule has 4 bridgehead atoms. The minimum atomic E-state index is -0.250. The van der Waals surface area contributed by atoms with Gasteiger partial charge in [-0.2, -0.15) is 0 Å². The molecule has 5 fully saturated rings. The smallest absolute Gasteiger partial charge is 0.234 e. The number of hydrogen-bond donors (Lipinski definition) is 2. The maximum atomic E-state index is 11.7. The lowest BCUT2D eigenvalue weighted by Crippen LogP contribution is -2.68. The molecule has 142 valence electrons. The molecule has 0 aromatic heterocycles. The standard InChI is InChI=1S/C20H33ClN2O2/c1-14(24)17-4-2-3-5-23(17)20-9-15-6-16(10-20)8-19(7-15,12-20)13-22-18(25)11-21/h14-17,24H,2-13H2,1H3,(H,22,25). The zero-order chi connectivity index (χ0) is 17.7. The van der Waals surface area contributed by atoms with E-state index >= 15 is 0 Å². The molecule has 0 aromatic rings. The van der Waals surface area contributed by atoms with E-state index in [9.17, 15) is 9.90 Å². The Morgan fingerprint density at radius 2 is 2.00 bits per heavy atom. The number of halogens is 1. The van der Waals surface area contributed by atoms with Gasteiger partial charge in [0.1, 0.15) is 5.88 Å². The average Bonchev–Trinajstić information content (AvgIpc) is 2.58. The predicted octanol–water partition coefficient (Wildman–Crippen LogP) is 2.92. The maximum Gasteiger partial charge on any atom is 0.234 e. The van der Waals surface area contributed by atoms with E-state index in [1.807, 2.05) is 6.92 Å². The third-order valence-electron chi connectivity index (χ3n) is 7.65. The Morgan fingerprint density at radius 1 is 1.28 bits per heavy atom. The number of rotatable bonds is 5. The molecule has 2 N–H and O–H groups in total. The molecule has 1 heterocycles. The number of aliphatic hydroxyl groups is 1. The number of amides is 1. The second-order valence-electron chi connectivity index (χ2n) is 9.59. The number of aliphatic hydroxyl groups excluding tert-OH is 1. The van der Waals surface area contributed by atoms with Crippen LogP contribution in [0.4, 0.5) is 0 Å². The van der Waals surface area contributed by atoms with Crippen LogP contribution in [0, 0.1) is 17.3 Å². The third-order valence-corrected chi connectivity index (χ3v) is 7.89. The Bertz CT molecular complexity index is 510. The quantitative estimate of drug-likeness (QED) is 0.733. The highest BCUT2D eigenvalue weighted by molar-refractivity contribution is 6.27. The summed E-state index contributed by atoms with van der Waals surface area (Å²) < 4.78 is 0. The van der Waals surface area contributed by atoms with Gasteiger partial charge < -0.3 is 10.4 Å². The van der Waals surface area contributed by atoms with Crippen molar-refractivity contribution in [2.75, 3.05) is 19.0 Å². The Kier molecular flexibility index (Phi) is 4.83. The number of piperidine rings is 1. The van der Waals surface area contributed by atoms with E-state index in [0.29, 0.717) is 6.04 Å². The van der Waals surface area contributed by atoms with Gasteiger partial charge in [0.25, 0.3) is 0 Å². The van der Waals surface area contributed by atoms with Crippen LogP contribution in [0.2, 0.25) is 0 Å². The van der Waals surface area contributed by atoms with E-state index in [1.54, 1.807) is 0 Å². The fraction of sp³-hybridized carbons (Fsp3) is 0.950. The van der Waals surface area contributed by atoms with Gasteiger partial charge in [0, 0.05) is 18.1 Å². The summed E-state index contributed by atoms with van der Waals surface area (Å²) in [7, 11) is 0. The topological polar surface area (TPSA) is 52.6 Å². The van der Waals surface area contributed by atoms with Gasteiger partial charge in [0.05, 0.1) is 6.10 Å². The van der Waals surface area contributed by atoms with Crippen molar-refractivity contribution >= 4 is 17.5 Å². The molecule has 4 aliphatic carbocycles. The van der Waals surface area contributed by atoms with E-state index in [2.05, 4.69) is 10.2 Å². The van der Waals surface area contributed by atoms with Crippen LogP contribution in [0.15, 0.2) is 0 Å². The molecular weight excluding hydrogens is 336 g/mol. The van der Waals surface area contributed by atoms with Crippen LogP contribution in [0.25, 0.3) is 0 Å². The Morgan fingerprint density at radius 3 is 2.64 bits per heavy atom. The molecule has 0 aromatic carbocycles. The van der Waals surface area contributed by atoms with Crippen molar-refractivity contribution in [3.05, 3.63) is 0 Å². The second kappa shape index (κ2) is 6.69. The Labute approximate surface area is 156 Å². The molecule has 1 amide bonds. The van der Waals surface area contributed by atoms with Crippen LogP contribution in [0.3, 0.4) is 0 Å². The lowest BCUT2D eigenvalue weighted by Gasteiger charge is -2.67. The molecule has 5 aliphatic rings. The third kappa shape index (κ3) is 3.23. The number of alkyl halides is 1. The van der Waals surface area contributed by atoms with Gasteiger partial charge in [0.15, 0.2) is 0 Å². The van der Waals surface area contributed by atoms with E-state index < -0.39 is 0 Å². The maximum absolute atomic E-state index is 11.7. The van der Waals surface area contributed by atoms with Crippen LogP contribution in [-0.2, 0) is 4.79 Å². The number of hydrogen-bond acceptors (Lipinski definition) is 3. The summed E-state index contributed by atoms with van der Waals surface area (Å²) in [6, 6.07) is 0.319. The van der Waals surface area contributed by atoms with Gasteiger partial charge in [-0.25, -0.2) is 0 Å².